The first-order valence-electron chi connectivity index (χ1n) is 12.6. The Hall–Kier alpha value is -3.67. The van der Waals surface area contributed by atoms with Gasteiger partial charge in [-0.05, 0) is 60.2 Å². The molecule has 0 spiro atoms. The van der Waals surface area contributed by atoms with E-state index in [0.29, 0.717) is 41.9 Å². The van der Waals surface area contributed by atoms with Crippen molar-refractivity contribution in [2.45, 2.75) is 66.5 Å². The summed E-state index contributed by atoms with van der Waals surface area (Å²) < 4.78 is 7.30. The fourth-order valence-corrected chi connectivity index (χ4v) is 4.54. The SMILES string of the molecule is CCc1ccc(-n2c(C(CC)N(Cc3ccco3)C(=O)CC(C)(C)C)nc3ccccc3c2=O)cc1. The maximum atomic E-state index is 13.9. The van der Waals surface area contributed by atoms with Crippen molar-refractivity contribution >= 4 is 16.8 Å². The molecule has 0 aliphatic rings. The van der Waals surface area contributed by atoms with E-state index in [9.17, 15) is 9.59 Å². The van der Waals surface area contributed by atoms with Gasteiger partial charge < -0.3 is 9.32 Å². The van der Waals surface area contributed by atoms with Gasteiger partial charge in [0.15, 0.2) is 0 Å². The molecular weight excluding hydrogens is 450 g/mol. The van der Waals surface area contributed by atoms with Crippen molar-refractivity contribution in [3.8, 4) is 5.69 Å². The van der Waals surface area contributed by atoms with Gasteiger partial charge in [-0.1, -0.05) is 58.9 Å². The van der Waals surface area contributed by atoms with Gasteiger partial charge in [0, 0.05) is 6.42 Å². The van der Waals surface area contributed by atoms with Crippen molar-refractivity contribution in [1.82, 2.24) is 14.5 Å². The van der Waals surface area contributed by atoms with Crippen LogP contribution in [0.2, 0.25) is 0 Å². The topological polar surface area (TPSA) is 68.3 Å². The number of carbonyl (C=O) groups is 1. The number of aryl methyl sites for hydroxylation is 1. The monoisotopic (exact) mass is 485 g/mol. The van der Waals surface area contributed by atoms with Gasteiger partial charge in [-0.15, -0.1) is 0 Å². The van der Waals surface area contributed by atoms with Crippen molar-refractivity contribution in [1.29, 1.82) is 0 Å². The average Bonchev–Trinajstić information content (AvgIpc) is 3.36. The molecule has 0 aliphatic heterocycles. The number of fused-ring (bicyclic) bond motifs is 1. The largest absolute Gasteiger partial charge is 0.467 e. The molecule has 2 heterocycles. The van der Waals surface area contributed by atoms with E-state index < -0.39 is 6.04 Å². The second-order valence-corrected chi connectivity index (χ2v) is 10.4. The van der Waals surface area contributed by atoms with E-state index in [0.717, 1.165) is 12.1 Å². The van der Waals surface area contributed by atoms with Gasteiger partial charge >= 0.3 is 0 Å². The molecule has 4 rings (SSSR count). The summed E-state index contributed by atoms with van der Waals surface area (Å²) in [6.07, 6.45) is 3.48. The Morgan fingerprint density at radius 3 is 2.36 bits per heavy atom. The van der Waals surface area contributed by atoms with E-state index in [1.807, 2.05) is 66.4 Å². The van der Waals surface area contributed by atoms with Crippen LogP contribution in [0, 0.1) is 5.41 Å². The lowest BCUT2D eigenvalue weighted by molar-refractivity contribution is -0.137. The van der Waals surface area contributed by atoms with E-state index in [2.05, 4.69) is 27.7 Å². The minimum atomic E-state index is -0.423. The molecule has 0 aliphatic carbocycles. The minimum Gasteiger partial charge on any atom is -0.467 e. The Bertz CT molecular complexity index is 1380. The fourth-order valence-electron chi connectivity index (χ4n) is 4.54. The minimum absolute atomic E-state index is 0.000962. The summed E-state index contributed by atoms with van der Waals surface area (Å²) in [7, 11) is 0. The molecule has 1 atom stereocenters. The number of para-hydroxylation sites is 1. The molecule has 0 saturated heterocycles. The van der Waals surface area contributed by atoms with E-state index in [-0.39, 0.29) is 16.9 Å². The molecular formula is C30H35N3O3. The molecule has 0 saturated carbocycles. The fraction of sp³-hybridized carbons (Fsp3) is 0.367. The van der Waals surface area contributed by atoms with Crippen LogP contribution in [0.15, 0.2) is 76.1 Å². The van der Waals surface area contributed by atoms with Gasteiger partial charge in [-0.25, -0.2) is 4.98 Å². The lowest BCUT2D eigenvalue weighted by atomic mass is 9.91. The Morgan fingerprint density at radius 1 is 1.03 bits per heavy atom. The van der Waals surface area contributed by atoms with Crippen molar-refractivity contribution in [2.24, 2.45) is 5.41 Å². The predicted molar refractivity (Wildman–Crippen MR) is 143 cm³/mol. The van der Waals surface area contributed by atoms with Crippen LogP contribution >= 0.6 is 0 Å². The number of aromatic nitrogens is 2. The molecule has 0 radical (unpaired) electrons. The zero-order valence-corrected chi connectivity index (χ0v) is 21.8. The maximum Gasteiger partial charge on any atom is 0.266 e. The van der Waals surface area contributed by atoms with Crippen LogP contribution in [0.25, 0.3) is 16.6 Å². The van der Waals surface area contributed by atoms with Crippen LogP contribution in [-0.2, 0) is 17.8 Å². The van der Waals surface area contributed by atoms with E-state index >= 15 is 0 Å². The molecule has 6 heteroatoms. The molecule has 4 aromatic rings. The average molecular weight is 486 g/mol. The number of furan rings is 1. The molecule has 36 heavy (non-hydrogen) atoms. The van der Waals surface area contributed by atoms with Crippen molar-refractivity contribution in [3.63, 3.8) is 0 Å². The second kappa shape index (κ2) is 10.5. The first-order chi connectivity index (χ1) is 17.2. The van der Waals surface area contributed by atoms with Crippen molar-refractivity contribution < 1.29 is 9.21 Å². The number of carbonyl (C=O) groups excluding carboxylic acids is 1. The number of amides is 1. The van der Waals surface area contributed by atoms with E-state index in [1.165, 1.54) is 5.56 Å². The van der Waals surface area contributed by atoms with Gasteiger partial charge in [0.25, 0.3) is 5.56 Å². The molecule has 0 fully saturated rings. The van der Waals surface area contributed by atoms with Crippen molar-refractivity contribution in [3.05, 3.63) is 94.4 Å². The Morgan fingerprint density at radius 2 is 1.75 bits per heavy atom. The molecule has 1 amide bonds. The molecule has 6 nitrogen and oxygen atoms in total. The molecule has 0 bridgehead atoms. The van der Waals surface area contributed by atoms with Gasteiger partial charge in [-0.2, -0.15) is 0 Å². The zero-order chi connectivity index (χ0) is 25.9. The smallest absolute Gasteiger partial charge is 0.266 e. The summed E-state index contributed by atoms with van der Waals surface area (Å²) >= 11 is 0. The standard InChI is InChI=1S/C30H35N3O3/c1-6-21-14-16-22(17-15-21)33-28(31-25-13-9-8-12-24(25)29(33)35)26(7-2)32(20-23-11-10-18-36-23)27(34)19-30(3,4)5/h8-18,26H,6-7,19-20H2,1-5H3. The summed E-state index contributed by atoms with van der Waals surface area (Å²) in [5.74, 6) is 1.25. The van der Waals surface area contributed by atoms with Gasteiger partial charge in [-0.3, -0.25) is 14.2 Å². The van der Waals surface area contributed by atoms with Crippen LogP contribution in [0.3, 0.4) is 0 Å². The van der Waals surface area contributed by atoms with Crippen LogP contribution < -0.4 is 5.56 Å². The van der Waals surface area contributed by atoms with Gasteiger partial charge in [0.05, 0.1) is 35.4 Å². The molecule has 2 aromatic heterocycles. The lowest BCUT2D eigenvalue weighted by Gasteiger charge is -2.33. The molecule has 2 aromatic carbocycles. The normalized spacial score (nSPS) is 12.6. The summed E-state index contributed by atoms with van der Waals surface area (Å²) in [6, 6.07) is 18.6. The third kappa shape index (κ3) is 5.43. The number of hydrogen-bond acceptors (Lipinski definition) is 4. The number of nitrogens with zero attached hydrogens (tertiary/aromatic N) is 3. The summed E-state index contributed by atoms with van der Waals surface area (Å²) in [4.78, 5) is 34.4. The van der Waals surface area contributed by atoms with Crippen LogP contribution in [-0.4, -0.2) is 20.4 Å². The Balaban J connectivity index is 1.92. The number of benzene rings is 2. The highest BCUT2D eigenvalue weighted by atomic mass is 16.3. The van der Waals surface area contributed by atoms with Gasteiger partial charge in [0.1, 0.15) is 11.6 Å². The molecule has 0 N–H and O–H groups in total. The number of hydrogen-bond donors (Lipinski definition) is 0. The highest BCUT2D eigenvalue weighted by molar-refractivity contribution is 5.79. The summed E-state index contributed by atoms with van der Waals surface area (Å²) in [5.41, 5.74) is 2.22. The quantitative estimate of drug-likeness (QED) is 0.287. The third-order valence-electron chi connectivity index (χ3n) is 6.37. The maximum absolute atomic E-state index is 13.9. The summed E-state index contributed by atoms with van der Waals surface area (Å²) in [5, 5.41) is 0.550. The third-order valence-corrected chi connectivity index (χ3v) is 6.37. The lowest BCUT2D eigenvalue weighted by Crippen LogP contribution is -2.39. The van der Waals surface area contributed by atoms with Crippen molar-refractivity contribution in [2.75, 3.05) is 0 Å². The molecule has 188 valence electrons. The first kappa shape index (κ1) is 25.4. The Labute approximate surface area is 212 Å². The highest BCUT2D eigenvalue weighted by Gasteiger charge is 2.31. The van der Waals surface area contributed by atoms with E-state index in [1.54, 1.807) is 16.9 Å². The van der Waals surface area contributed by atoms with Crippen LogP contribution in [0.5, 0.6) is 0 Å². The van der Waals surface area contributed by atoms with E-state index in [4.69, 9.17) is 9.40 Å². The summed E-state index contributed by atoms with van der Waals surface area (Å²) in [6.45, 7) is 10.6. The van der Waals surface area contributed by atoms with Crippen LogP contribution in [0.4, 0.5) is 0 Å². The molecule has 1 unspecified atom stereocenters. The Kier molecular flexibility index (Phi) is 7.43. The zero-order valence-electron chi connectivity index (χ0n) is 21.8. The van der Waals surface area contributed by atoms with Gasteiger partial charge in [0.2, 0.25) is 5.91 Å². The predicted octanol–water partition coefficient (Wildman–Crippen LogP) is 6.46. The van der Waals surface area contributed by atoms with Crippen LogP contribution in [0.1, 0.15) is 70.7 Å². The number of rotatable bonds is 8. The first-order valence-corrected chi connectivity index (χ1v) is 12.6. The second-order valence-electron chi connectivity index (χ2n) is 10.4. The highest BCUT2D eigenvalue weighted by Crippen LogP contribution is 2.31.